The smallest absolute Gasteiger partial charge is 0.339 e. The summed E-state index contributed by atoms with van der Waals surface area (Å²) < 4.78 is 5.52. The van der Waals surface area contributed by atoms with E-state index >= 15 is 0 Å². The van der Waals surface area contributed by atoms with Gasteiger partial charge in [0.15, 0.2) is 5.75 Å². The molecule has 1 aromatic carbocycles. The van der Waals surface area contributed by atoms with Crippen LogP contribution in [0.1, 0.15) is 29.6 Å². The van der Waals surface area contributed by atoms with Crippen molar-refractivity contribution in [3.63, 3.8) is 0 Å². The van der Waals surface area contributed by atoms with Crippen molar-refractivity contribution in [3.8, 4) is 5.75 Å². The third-order valence-corrected chi connectivity index (χ3v) is 5.03. The van der Waals surface area contributed by atoms with Gasteiger partial charge < -0.3 is 14.7 Å². The zero-order valence-corrected chi connectivity index (χ0v) is 11.6. The number of nitrogens with zero attached hydrogens (tertiary/aromatic N) is 1. The summed E-state index contributed by atoms with van der Waals surface area (Å²) in [5.74, 6) is 0.729. The van der Waals surface area contributed by atoms with Crippen LogP contribution in [0.15, 0.2) is 18.2 Å². The number of carboxylic acid groups (broad SMARTS) is 1. The van der Waals surface area contributed by atoms with Crippen LogP contribution in [0.25, 0.3) is 0 Å². The Labute approximate surface area is 122 Å². The number of hydrogen-bond acceptors (Lipinski definition) is 3. The monoisotopic (exact) mass is 287 g/mol. The van der Waals surface area contributed by atoms with E-state index in [4.69, 9.17) is 4.74 Å². The first-order valence-electron chi connectivity index (χ1n) is 7.49. The average molecular weight is 287 g/mol. The quantitative estimate of drug-likeness (QED) is 0.905. The summed E-state index contributed by atoms with van der Waals surface area (Å²) in [5.41, 5.74) is 0.733. The number of hydrogen-bond donors (Lipinski definition) is 1. The Bertz CT molecular complexity index is 617. The minimum atomic E-state index is -1.02. The van der Waals surface area contributed by atoms with Crippen molar-refractivity contribution in [2.75, 3.05) is 18.1 Å². The lowest BCUT2D eigenvalue weighted by Crippen LogP contribution is -2.40. The predicted octanol–water partition coefficient (Wildman–Crippen LogP) is 2.16. The molecule has 5 heteroatoms. The fourth-order valence-electron chi connectivity index (χ4n) is 4.01. The summed E-state index contributed by atoms with van der Waals surface area (Å²) in [6.45, 7) is 0.857. The van der Waals surface area contributed by atoms with Crippen LogP contribution in [0.4, 0.5) is 5.69 Å². The van der Waals surface area contributed by atoms with Gasteiger partial charge in [-0.05, 0) is 36.8 Å². The van der Waals surface area contributed by atoms with Crippen LogP contribution in [-0.4, -0.2) is 30.1 Å². The normalized spacial score (nSPS) is 29.3. The Morgan fingerprint density at radius 2 is 2.00 bits per heavy atom. The molecule has 0 spiro atoms. The van der Waals surface area contributed by atoms with Crippen LogP contribution in [0.5, 0.6) is 5.75 Å². The van der Waals surface area contributed by atoms with Crippen molar-refractivity contribution in [1.82, 2.24) is 0 Å². The number of carbonyl (C=O) groups excluding carboxylic acids is 1. The van der Waals surface area contributed by atoms with E-state index in [-0.39, 0.29) is 17.4 Å². The van der Waals surface area contributed by atoms with E-state index in [0.717, 1.165) is 12.8 Å². The molecule has 5 nitrogen and oxygen atoms in total. The largest absolute Gasteiger partial charge is 0.489 e. The molecule has 4 rings (SSSR count). The topological polar surface area (TPSA) is 66.8 Å². The van der Waals surface area contributed by atoms with E-state index in [2.05, 4.69) is 0 Å². The second-order valence-corrected chi connectivity index (χ2v) is 6.08. The molecule has 110 valence electrons. The first kappa shape index (κ1) is 12.7. The number of fused-ring (bicyclic) bond motifs is 2. The molecule has 2 unspecified atom stereocenters. The molecule has 1 N–H and O–H groups in total. The van der Waals surface area contributed by atoms with E-state index in [0.29, 0.717) is 36.4 Å². The highest BCUT2D eigenvalue weighted by Gasteiger charge is 2.57. The van der Waals surface area contributed by atoms with Crippen molar-refractivity contribution >= 4 is 17.6 Å². The van der Waals surface area contributed by atoms with Crippen LogP contribution >= 0.6 is 0 Å². The fraction of sp³-hybridized carbons (Fsp3) is 0.500. The Morgan fingerprint density at radius 3 is 2.71 bits per heavy atom. The highest BCUT2D eigenvalue weighted by atomic mass is 16.5. The first-order chi connectivity index (χ1) is 10.2. The molecule has 2 atom stereocenters. The Morgan fingerprint density at radius 1 is 1.24 bits per heavy atom. The lowest BCUT2D eigenvalue weighted by atomic mass is 10.1. The van der Waals surface area contributed by atoms with Gasteiger partial charge in [0.25, 0.3) is 0 Å². The van der Waals surface area contributed by atoms with Gasteiger partial charge in [0.2, 0.25) is 5.91 Å². The maximum atomic E-state index is 12.7. The summed E-state index contributed by atoms with van der Waals surface area (Å²) in [6, 6.07) is 4.96. The summed E-state index contributed by atoms with van der Waals surface area (Å²) in [4.78, 5) is 25.7. The third-order valence-electron chi connectivity index (χ3n) is 5.03. The number of anilines is 1. The molecule has 1 aliphatic heterocycles. The molecule has 0 saturated heterocycles. The molecular formula is C16H17NO4. The number of carboxylic acids is 1. The highest BCUT2D eigenvalue weighted by Crippen LogP contribution is 2.58. The molecule has 2 fully saturated rings. The lowest BCUT2D eigenvalue weighted by molar-refractivity contribution is -0.120. The number of amides is 1. The SMILES string of the molecule is O=C(O)c1cccc2c1OCCN2C(=O)C1C2CCCC21. The van der Waals surface area contributed by atoms with Gasteiger partial charge in [-0.25, -0.2) is 4.79 Å². The van der Waals surface area contributed by atoms with Crippen LogP contribution < -0.4 is 9.64 Å². The molecule has 1 heterocycles. The summed E-state index contributed by atoms with van der Waals surface area (Å²) >= 11 is 0. The lowest BCUT2D eigenvalue weighted by Gasteiger charge is -2.30. The zero-order valence-electron chi connectivity index (χ0n) is 11.6. The number of rotatable bonds is 2. The predicted molar refractivity (Wildman–Crippen MR) is 75.6 cm³/mol. The second kappa shape index (κ2) is 4.48. The molecule has 21 heavy (non-hydrogen) atoms. The van der Waals surface area contributed by atoms with Crippen LogP contribution in [0.2, 0.25) is 0 Å². The Balaban J connectivity index is 1.66. The van der Waals surface area contributed by atoms with Crippen molar-refractivity contribution < 1.29 is 19.4 Å². The second-order valence-electron chi connectivity index (χ2n) is 6.08. The third kappa shape index (κ3) is 1.83. The number of aromatic carboxylic acids is 1. The van der Waals surface area contributed by atoms with Crippen LogP contribution in [-0.2, 0) is 4.79 Å². The van der Waals surface area contributed by atoms with Gasteiger partial charge in [0.1, 0.15) is 12.2 Å². The fourth-order valence-corrected chi connectivity index (χ4v) is 4.01. The maximum Gasteiger partial charge on any atom is 0.339 e. The number of carbonyl (C=O) groups is 2. The molecule has 3 aliphatic rings. The van der Waals surface area contributed by atoms with Gasteiger partial charge in [-0.1, -0.05) is 12.5 Å². The van der Waals surface area contributed by atoms with E-state index in [1.165, 1.54) is 12.5 Å². The minimum absolute atomic E-state index is 0.126. The van der Waals surface area contributed by atoms with Gasteiger partial charge in [0.05, 0.1) is 12.2 Å². The molecule has 2 aliphatic carbocycles. The summed E-state index contributed by atoms with van der Waals surface area (Å²) in [7, 11) is 0. The molecule has 1 amide bonds. The van der Waals surface area contributed by atoms with E-state index in [9.17, 15) is 14.7 Å². The van der Waals surface area contributed by atoms with E-state index in [1.807, 2.05) is 0 Å². The average Bonchev–Trinajstić information content (AvgIpc) is 2.97. The molecule has 0 radical (unpaired) electrons. The number of benzene rings is 1. The van der Waals surface area contributed by atoms with E-state index in [1.54, 1.807) is 17.0 Å². The zero-order chi connectivity index (χ0) is 14.6. The van der Waals surface area contributed by atoms with Gasteiger partial charge in [-0.3, -0.25) is 4.79 Å². The molecule has 0 bridgehead atoms. The van der Waals surface area contributed by atoms with Gasteiger partial charge >= 0.3 is 5.97 Å². The highest BCUT2D eigenvalue weighted by molar-refractivity contribution is 6.02. The Kier molecular flexibility index (Phi) is 2.71. The van der Waals surface area contributed by atoms with Gasteiger partial charge in [-0.2, -0.15) is 0 Å². The van der Waals surface area contributed by atoms with Gasteiger partial charge in [0, 0.05) is 5.92 Å². The van der Waals surface area contributed by atoms with Crippen molar-refractivity contribution in [1.29, 1.82) is 0 Å². The molecule has 0 aromatic heterocycles. The summed E-state index contributed by atoms with van der Waals surface area (Å²) in [5, 5.41) is 9.24. The number of ether oxygens (including phenoxy) is 1. The standard InChI is InChI=1S/C16H17NO4/c18-15(13-9-3-1-4-10(9)13)17-7-8-21-14-11(16(19)20)5-2-6-12(14)17/h2,5-6,9-10,13H,1,3-4,7-8H2,(H,19,20). The minimum Gasteiger partial charge on any atom is -0.489 e. The first-order valence-corrected chi connectivity index (χ1v) is 7.49. The molecular weight excluding hydrogens is 270 g/mol. The van der Waals surface area contributed by atoms with E-state index < -0.39 is 5.97 Å². The van der Waals surface area contributed by atoms with Gasteiger partial charge in [-0.15, -0.1) is 0 Å². The van der Waals surface area contributed by atoms with Crippen molar-refractivity contribution in [2.45, 2.75) is 19.3 Å². The molecule has 2 saturated carbocycles. The van der Waals surface area contributed by atoms with Crippen LogP contribution in [0.3, 0.4) is 0 Å². The number of para-hydroxylation sites is 1. The van der Waals surface area contributed by atoms with Crippen molar-refractivity contribution in [2.24, 2.45) is 17.8 Å². The van der Waals surface area contributed by atoms with Crippen molar-refractivity contribution in [3.05, 3.63) is 23.8 Å². The molecule has 1 aromatic rings. The maximum absolute atomic E-state index is 12.7. The Hall–Kier alpha value is -2.04. The van der Waals surface area contributed by atoms with Crippen LogP contribution in [0, 0.1) is 17.8 Å². The summed E-state index contributed by atoms with van der Waals surface area (Å²) in [6.07, 6.45) is 3.56.